The largest absolute Gasteiger partial charge is 0.493 e. The Labute approximate surface area is 134 Å². The van der Waals surface area contributed by atoms with Crippen molar-refractivity contribution in [3.63, 3.8) is 0 Å². The van der Waals surface area contributed by atoms with E-state index in [4.69, 9.17) is 9.84 Å². The number of ether oxygens (including phenoxy) is 1. The molecule has 0 saturated heterocycles. The van der Waals surface area contributed by atoms with E-state index in [0.717, 1.165) is 5.56 Å². The molecule has 2 N–H and O–H groups in total. The van der Waals surface area contributed by atoms with Crippen LogP contribution in [0, 0.1) is 0 Å². The van der Waals surface area contributed by atoms with Gasteiger partial charge >= 0.3 is 5.97 Å². The maximum absolute atomic E-state index is 12.0. The second kappa shape index (κ2) is 7.98. The van der Waals surface area contributed by atoms with Crippen molar-refractivity contribution in [2.45, 2.75) is 19.9 Å². The van der Waals surface area contributed by atoms with Crippen molar-refractivity contribution in [2.75, 3.05) is 6.61 Å². The Morgan fingerprint density at radius 3 is 2.48 bits per heavy atom. The third kappa shape index (κ3) is 4.85. The zero-order valence-corrected chi connectivity index (χ0v) is 12.9. The van der Waals surface area contributed by atoms with Gasteiger partial charge in [-0.1, -0.05) is 36.4 Å². The second-order valence-corrected chi connectivity index (χ2v) is 5.01. The van der Waals surface area contributed by atoms with Crippen LogP contribution in [0.15, 0.2) is 48.5 Å². The Morgan fingerprint density at radius 2 is 1.83 bits per heavy atom. The summed E-state index contributed by atoms with van der Waals surface area (Å²) in [4.78, 5) is 23.1. The Balaban J connectivity index is 2.00. The van der Waals surface area contributed by atoms with Crippen molar-refractivity contribution in [3.05, 3.63) is 65.2 Å². The maximum Gasteiger partial charge on any atom is 0.339 e. The van der Waals surface area contributed by atoms with E-state index >= 15 is 0 Å². The first-order chi connectivity index (χ1) is 11.1. The van der Waals surface area contributed by atoms with Crippen LogP contribution in [0.25, 0.3) is 0 Å². The second-order valence-electron chi connectivity index (χ2n) is 5.01. The third-order valence-corrected chi connectivity index (χ3v) is 3.27. The number of aromatic carboxylic acids is 1. The fraction of sp³-hybridized carbons (Fsp3) is 0.222. The molecule has 0 radical (unpaired) electrons. The molecule has 0 aromatic heterocycles. The highest BCUT2D eigenvalue weighted by atomic mass is 16.5. The lowest BCUT2D eigenvalue weighted by atomic mass is 10.1. The minimum Gasteiger partial charge on any atom is -0.493 e. The summed E-state index contributed by atoms with van der Waals surface area (Å²) in [6.45, 7) is 2.61. The molecule has 0 fully saturated rings. The third-order valence-electron chi connectivity index (χ3n) is 3.27. The zero-order valence-electron chi connectivity index (χ0n) is 12.9. The lowest BCUT2D eigenvalue weighted by Gasteiger charge is -2.10. The maximum atomic E-state index is 12.0. The van der Waals surface area contributed by atoms with E-state index < -0.39 is 5.97 Å². The normalized spacial score (nSPS) is 10.1. The van der Waals surface area contributed by atoms with Crippen LogP contribution < -0.4 is 10.1 Å². The molecule has 0 unspecified atom stereocenters. The standard InChI is InChI=1S/C18H19NO4/c1-2-23-16-10-14(8-9-15(16)18(21)22)11-17(20)19-12-13-6-4-3-5-7-13/h3-10H,2,11-12H2,1H3,(H,19,20)(H,21,22). The molecular formula is C18H19NO4. The first kappa shape index (κ1) is 16.5. The summed E-state index contributed by atoms with van der Waals surface area (Å²) in [7, 11) is 0. The molecule has 0 atom stereocenters. The minimum atomic E-state index is -1.05. The molecular weight excluding hydrogens is 294 g/mol. The SMILES string of the molecule is CCOc1cc(CC(=O)NCc2ccccc2)ccc1C(=O)O. The van der Waals surface area contributed by atoms with E-state index in [1.165, 1.54) is 6.07 Å². The summed E-state index contributed by atoms with van der Waals surface area (Å²) in [5.74, 6) is -0.888. The van der Waals surface area contributed by atoms with E-state index in [-0.39, 0.29) is 23.6 Å². The van der Waals surface area contributed by atoms with Gasteiger partial charge in [-0.2, -0.15) is 0 Å². The van der Waals surface area contributed by atoms with Crippen molar-refractivity contribution in [1.82, 2.24) is 5.32 Å². The predicted octanol–water partition coefficient (Wildman–Crippen LogP) is 2.64. The van der Waals surface area contributed by atoms with Gasteiger partial charge < -0.3 is 15.2 Å². The van der Waals surface area contributed by atoms with Gasteiger partial charge in [-0.15, -0.1) is 0 Å². The number of hydrogen-bond donors (Lipinski definition) is 2. The number of nitrogens with one attached hydrogen (secondary N) is 1. The Morgan fingerprint density at radius 1 is 1.09 bits per heavy atom. The molecule has 2 rings (SSSR count). The highest BCUT2D eigenvalue weighted by molar-refractivity contribution is 5.91. The van der Waals surface area contributed by atoms with Gasteiger partial charge in [0, 0.05) is 6.54 Å². The quantitative estimate of drug-likeness (QED) is 0.824. The van der Waals surface area contributed by atoms with Gasteiger partial charge in [0.05, 0.1) is 13.0 Å². The molecule has 120 valence electrons. The first-order valence-electron chi connectivity index (χ1n) is 7.39. The number of carboxylic acid groups (broad SMARTS) is 1. The number of amides is 1. The summed E-state index contributed by atoms with van der Waals surface area (Å²) in [5.41, 5.74) is 1.83. The van der Waals surface area contributed by atoms with Gasteiger partial charge in [-0.25, -0.2) is 4.79 Å². The van der Waals surface area contributed by atoms with Gasteiger partial charge in [-0.3, -0.25) is 4.79 Å². The molecule has 0 bridgehead atoms. The number of hydrogen-bond acceptors (Lipinski definition) is 3. The summed E-state index contributed by atoms with van der Waals surface area (Å²) < 4.78 is 5.34. The molecule has 5 nitrogen and oxygen atoms in total. The van der Waals surface area contributed by atoms with Crippen LogP contribution in [0.1, 0.15) is 28.4 Å². The topological polar surface area (TPSA) is 75.6 Å². The average molecular weight is 313 g/mol. The minimum absolute atomic E-state index is 0.0975. The number of benzene rings is 2. The zero-order chi connectivity index (χ0) is 16.7. The summed E-state index contributed by atoms with van der Waals surface area (Å²) in [6, 6.07) is 14.3. The highest BCUT2D eigenvalue weighted by Gasteiger charge is 2.13. The molecule has 5 heteroatoms. The number of carbonyl (C=O) groups is 2. The summed E-state index contributed by atoms with van der Waals surface area (Å²) >= 11 is 0. The summed E-state index contributed by atoms with van der Waals surface area (Å²) in [6.07, 6.45) is 0.173. The van der Waals surface area contributed by atoms with Crippen molar-refractivity contribution in [2.24, 2.45) is 0 Å². The van der Waals surface area contributed by atoms with Crippen LogP contribution in [0.2, 0.25) is 0 Å². The van der Waals surface area contributed by atoms with Gasteiger partial charge in [-0.05, 0) is 30.2 Å². The van der Waals surface area contributed by atoms with E-state index in [1.807, 2.05) is 30.3 Å². The molecule has 0 aliphatic carbocycles. The molecule has 0 aliphatic heterocycles. The van der Waals surface area contributed by atoms with Crippen LogP contribution >= 0.6 is 0 Å². The Kier molecular flexibility index (Phi) is 5.74. The van der Waals surface area contributed by atoms with Gasteiger partial charge in [0.25, 0.3) is 0 Å². The van der Waals surface area contributed by atoms with Crippen molar-refractivity contribution < 1.29 is 19.4 Å². The smallest absolute Gasteiger partial charge is 0.339 e. The number of rotatable bonds is 7. The van der Waals surface area contributed by atoms with Crippen LogP contribution in [-0.2, 0) is 17.8 Å². The van der Waals surface area contributed by atoms with Crippen molar-refractivity contribution >= 4 is 11.9 Å². The van der Waals surface area contributed by atoms with Crippen molar-refractivity contribution in [3.8, 4) is 5.75 Å². The van der Waals surface area contributed by atoms with Crippen LogP contribution in [0.3, 0.4) is 0 Å². The Bertz CT molecular complexity index is 683. The highest BCUT2D eigenvalue weighted by Crippen LogP contribution is 2.21. The van der Waals surface area contributed by atoms with E-state index in [2.05, 4.69) is 5.32 Å². The van der Waals surface area contributed by atoms with Gasteiger partial charge in [0.1, 0.15) is 11.3 Å². The van der Waals surface area contributed by atoms with E-state index in [0.29, 0.717) is 18.7 Å². The van der Waals surface area contributed by atoms with Crippen LogP contribution in [0.4, 0.5) is 0 Å². The van der Waals surface area contributed by atoms with E-state index in [1.54, 1.807) is 19.1 Å². The molecule has 23 heavy (non-hydrogen) atoms. The molecule has 0 aliphatic rings. The van der Waals surface area contributed by atoms with Crippen LogP contribution in [-0.4, -0.2) is 23.6 Å². The molecule has 0 spiro atoms. The molecule has 0 heterocycles. The molecule has 2 aromatic rings. The number of carbonyl (C=O) groups excluding carboxylic acids is 1. The molecule has 2 aromatic carbocycles. The predicted molar refractivity (Wildman–Crippen MR) is 86.6 cm³/mol. The summed E-state index contributed by atoms with van der Waals surface area (Å²) in [5, 5.41) is 12.0. The lowest BCUT2D eigenvalue weighted by molar-refractivity contribution is -0.120. The van der Waals surface area contributed by atoms with Crippen LogP contribution in [0.5, 0.6) is 5.75 Å². The van der Waals surface area contributed by atoms with Crippen molar-refractivity contribution in [1.29, 1.82) is 0 Å². The lowest BCUT2D eigenvalue weighted by Crippen LogP contribution is -2.24. The Hall–Kier alpha value is -2.82. The number of carboxylic acids is 1. The average Bonchev–Trinajstić information content (AvgIpc) is 2.54. The van der Waals surface area contributed by atoms with Gasteiger partial charge in [0.15, 0.2) is 0 Å². The van der Waals surface area contributed by atoms with E-state index in [9.17, 15) is 9.59 Å². The molecule has 1 amide bonds. The van der Waals surface area contributed by atoms with Gasteiger partial charge in [0.2, 0.25) is 5.91 Å². The first-order valence-corrected chi connectivity index (χ1v) is 7.39. The molecule has 0 saturated carbocycles. The fourth-order valence-corrected chi connectivity index (χ4v) is 2.17. The monoisotopic (exact) mass is 313 g/mol. The fourth-order valence-electron chi connectivity index (χ4n) is 2.17.